The molecule has 10 atom stereocenters. The Morgan fingerprint density at radius 1 is 0.864 bits per heavy atom. The molecule has 0 spiro atoms. The summed E-state index contributed by atoms with van der Waals surface area (Å²) in [6, 6.07) is 0. The molecule has 3 rings (SSSR count). The molecule has 0 amide bonds. The summed E-state index contributed by atoms with van der Waals surface area (Å²) >= 11 is 0. The maximum Gasteiger partial charge on any atom is 0.187 e. The van der Waals surface area contributed by atoms with E-state index in [0.29, 0.717) is 0 Å². The fourth-order valence-electron chi connectivity index (χ4n) is 2.87. The van der Waals surface area contributed by atoms with E-state index < -0.39 is 68.0 Å². The minimum Gasteiger partial charge on any atom is -0.394 e. The van der Waals surface area contributed by atoms with Gasteiger partial charge >= 0.3 is 0 Å². The van der Waals surface area contributed by atoms with E-state index in [1.807, 2.05) is 0 Å². The first kappa shape index (κ1) is 16.5. The van der Waals surface area contributed by atoms with Gasteiger partial charge in [-0.2, -0.15) is 0 Å². The highest BCUT2D eigenvalue weighted by Gasteiger charge is 2.53. The van der Waals surface area contributed by atoms with Gasteiger partial charge in [-0.3, -0.25) is 0 Å². The monoisotopic (exact) mass is 324 g/mol. The van der Waals surface area contributed by atoms with E-state index in [-0.39, 0.29) is 6.61 Å². The Morgan fingerprint density at radius 3 is 2.27 bits per heavy atom. The molecule has 3 aliphatic rings. The molecule has 3 heterocycles. The van der Waals surface area contributed by atoms with Crippen LogP contribution in [-0.2, 0) is 18.9 Å². The lowest BCUT2D eigenvalue weighted by atomic mass is 9.98. The van der Waals surface area contributed by atoms with Crippen LogP contribution in [0.25, 0.3) is 0 Å². The molecule has 0 saturated carbocycles. The standard InChI is InChI=1S/C12H20O10/c13-1-3-5(14)6(15)8(17)12(20-3)22-10-4-2-19-11(21-4)9(18)7(10)16/h3-18H,1-2H2/t3-,4-,5-,6+,7-,8-,9-,10-,11-,12?/m1/s1. The number of hydrogen-bond acceptors (Lipinski definition) is 10. The SMILES string of the molecule is OC[C@H]1OC(O[C@H]2[C@H](O)[C@@H](O)[C@@H]3OC[C@H]2O3)[C@H](O)[C@@H](O)[C@@H]1O. The molecule has 3 fully saturated rings. The van der Waals surface area contributed by atoms with Crippen LogP contribution in [-0.4, -0.2) is 105 Å². The Kier molecular flexibility index (Phi) is 4.67. The second-order valence-corrected chi connectivity index (χ2v) is 5.66. The maximum atomic E-state index is 10.0. The van der Waals surface area contributed by atoms with Crippen LogP contribution < -0.4 is 0 Å². The number of ether oxygens (including phenoxy) is 4. The molecule has 0 aliphatic carbocycles. The summed E-state index contributed by atoms with van der Waals surface area (Å²) in [5.41, 5.74) is 0. The molecule has 3 saturated heterocycles. The highest BCUT2D eigenvalue weighted by atomic mass is 16.8. The van der Waals surface area contributed by atoms with E-state index in [9.17, 15) is 25.5 Å². The van der Waals surface area contributed by atoms with Crippen LogP contribution in [0.2, 0.25) is 0 Å². The van der Waals surface area contributed by atoms with Crippen LogP contribution in [0, 0.1) is 0 Å². The molecule has 2 bridgehead atoms. The minimum atomic E-state index is -1.60. The normalized spacial score (nSPS) is 55.4. The number of fused-ring (bicyclic) bond motifs is 2. The Hall–Kier alpha value is -0.400. The smallest absolute Gasteiger partial charge is 0.187 e. The molecular weight excluding hydrogens is 304 g/mol. The Balaban J connectivity index is 1.71. The second kappa shape index (κ2) is 6.24. The largest absolute Gasteiger partial charge is 0.394 e. The first-order valence-corrected chi connectivity index (χ1v) is 7.03. The van der Waals surface area contributed by atoms with Crippen LogP contribution in [0.15, 0.2) is 0 Å². The van der Waals surface area contributed by atoms with Gasteiger partial charge in [-0.25, -0.2) is 0 Å². The molecule has 0 radical (unpaired) electrons. The predicted molar refractivity (Wildman–Crippen MR) is 65.3 cm³/mol. The molecule has 10 heteroatoms. The van der Waals surface area contributed by atoms with Crippen molar-refractivity contribution in [3.05, 3.63) is 0 Å². The van der Waals surface area contributed by atoms with E-state index in [2.05, 4.69) is 0 Å². The summed E-state index contributed by atoms with van der Waals surface area (Å²) in [5.74, 6) is 0. The van der Waals surface area contributed by atoms with Gasteiger partial charge in [0.25, 0.3) is 0 Å². The van der Waals surface area contributed by atoms with E-state index in [1.54, 1.807) is 0 Å². The van der Waals surface area contributed by atoms with Gasteiger partial charge in [-0.1, -0.05) is 0 Å². The van der Waals surface area contributed by atoms with Gasteiger partial charge in [-0.15, -0.1) is 0 Å². The third-order valence-electron chi connectivity index (χ3n) is 4.21. The average molecular weight is 324 g/mol. The summed E-state index contributed by atoms with van der Waals surface area (Å²) in [6.45, 7) is -0.507. The van der Waals surface area contributed by atoms with Gasteiger partial charge in [0.05, 0.1) is 13.2 Å². The molecule has 0 aromatic carbocycles. The van der Waals surface area contributed by atoms with Crippen molar-refractivity contribution in [3.8, 4) is 0 Å². The van der Waals surface area contributed by atoms with Gasteiger partial charge < -0.3 is 49.6 Å². The van der Waals surface area contributed by atoms with Crippen molar-refractivity contribution in [2.75, 3.05) is 13.2 Å². The fourth-order valence-corrected chi connectivity index (χ4v) is 2.87. The highest BCUT2D eigenvalue weighted by Crippen LogP contribution is 2.32. The van der Waals surface area contributed by atoms with E-state index in [4.69, 9.17) is 24.1 Å². The van der Waals surface area contributed by atoms with Gasteiger partial charge in [0, 0.05) is 0 Å². The first-order valence-electron chi connectivity index (χ1n) is 7.03. The number of aliphatic hydroxyl groups is 6. The van der Waals surface area contributed by atoms with Gasteiger partial charge in [0.15, 0.2) is 12.6 Å². The lowest BCUT2D eigenvalue weighted by Gasteiger charge is -2.43. The average Bonchev–Trinajstić information content (AvgIpc) is 2.96. The van der Waals surface area contributed by atoms with Crippen LogP contribution in [0.4, 0.5) is 0 Å². The summed E-state index contributed by atoms with van der Waals surface area (Å²) in [5, 5.41) is 58.3. The maximum absolute atomic E-state index is 10.0. The zero-order valence-corrected chi connectivity index (χ0v) is 11.5. The van der Waals surface area contributed by atoms with Gasteiger partial charge in [0.2, 0.25) is 0 Å². The van der Waals surface area contributed by atoms with Crippen LogP contribution >= 0.6 is 0 Å². The van der Waals surface area contributed by atoms with Crippen molar-refractivity contribution in [2.24, 2.45) is 0 Å². The number of hydrogen-bond donors (Lipinski definition) is 6. The Labute approximate surface area is 125 Å². The van der Waals surface area contributed by atoms with Crippen LogP contribution in [0.5, 0.6) is 0 Å². The summed E-state index contributed by atoms with van der Waals surface area (Å²) in [4.78, 5) is 0. The molecule has 0 aromatic rings. The molecule has 3 aliphatic heterocycles. The molecule has 1 unspecified atom stereocenters. The third-order valence-corrected chi connectivity index (χ3v) is 4.21. The van der Waals surface area contributed by atoms with Crippen LogP contribution in [0.1, 0.15) is 0 Å². The van der Waals surface area contributed by atoms with Crippen molar-refractivity contribution in [2.45, 2.75) is 61.4 Å². The number of rotatable bonds is 3. The summed E-state index contributed by atoms with van der Waals surface area (Å²) < 4.78 is 21.1. The summed E-state index contributed by atoms with van der Waals surface area (Å²) in [7, 11) is 0. The van der Waals surface area contributed by atoms with E-state index in [0.717, 1.165) is 0 Å². The van der Waals surface area contributed by atoms with Crippen molar-refractivity contribution >= 4 is 0 Å². The lowest BCUT2D eigenvalue weighted by molar-refractivity contribution is -0.337. The summed E-state index contributed by atoms with van der Waals surface area (Å²) in [6.07, 6.45) is -12.5. The lowest BCUT2D eigenvalue weighted by Crippen LogP contribution is -2.62. The van der Waals surface area contributed by atoms with Crippen molar-refractivity contribution in [3.63, 3.8) is 0 Å². The third kappa shape index (κ3) is 2.65. The molecule has 22 heavy (non-hydrogen) atoms. The molecule has 0 aromatic heterocycles. The van der Waals surface area contributed by atoms with E-state index >= 15 is 0 Å². The quantitative estimate of drug-likeness (QED) is 0.299. The van der Waals surface area contributed by atoms with Gasteiger partial charge in [0.1, 0.15) is 48.8 Å². The fraction of sp³-hybridized carbons (Fsp3) is 1.00. The minimum absolute atomic E-state index is 0.0842. The topological polar surface area (TPSA) is 158 Å². The van der Waals surface area contributed by atoms with E-state index in [1.165, 1.54) is 0 Å². The van der Waals surface area contributed by atoms with Crippen molar-refractivity contribution in [1.82, 2.24) is 0 Å². The Morgan fingerprint density at radius 2 is 1.59 bits per heavy atom. The number of aliphatic hydroxyl groups excluding tert-OH is 6. The zero-order chi connectivity index (χ0) is 16.0. The molecule has 6 N–H and O–H groups in total. The molecular formula is C12H20O10. The van der Waals surface area contributed by atoms with Crippen LogP contribution in [0.3, 0.4) is 0 Å². The van der Waals surface area contributed by atoms with Crippen molar-refractivity contribution in [1.29, 1.82) is 0 Å². The first-order chi connectivity index (χ1) is 10.4. The molecule has 128 valence electrons. The highest BCUT2D eigenvalue weighted by molar-refractivity contribution is 4.96. The molecule has 10 nitrogen and oxygen atoms in total. The van der Waals surface area contributed by atoms with Gasteiger partial charge in [-0.05, 0) is 0 Å². The predicted octanol–water partition coefficient (Wildman–Crippen LogP) is -4.35. The second-order valence-electron chi connectivity index (χ2n) is 5.66. The zero-order valence-electron chi connectivity index (χ0n) is 11.5. The Bertz CT molecular complexity index is 392. The van der Waals surface area contributed by atoms with Crippen molar-refractivity contribution < 1.29 is 49.6 Å².